The molecule has 2 unspecified atom stereocenters. The fraction of sp³-hybridized carbons (Fsp3) is 0.400. The molecule has 0 radical (unpaired) electrons. The summed E-state index contributed by atoms with van der Waals surface area (Å²) in [4.78, 5) is 42.5. The van der Waals surface area contributed by atoms with Gasteiger partial charge in [-0.1, -0.05) is 12.1 Å². The molecule has 34 heavy (non-hydrogen) atoms. The van der Waals surface area contributed by atoms with Crippen LogP contribution in [-0.4, -0.2) is 65.5 Å². The Balaban J connectivity index is 1.36. The molecule has 2 aromatic rings. The summed E-state index contributed by atoms with van der Waals surface area (Å²) in [6.07, 6.45) is 1.46. The minimum atomic E-state index is -0.531. The molecule has 4 rings (SSSR count). The summed E-state index contributed by atoms with van der Waals surface area (Å²) in [6, 6.07) is 14.0. The number of thioether (sulfide) groups is 1. The number of nitrogens with zero attached hydrogens (tertiary/aromatic N) is 2. The lowest BCUT2D eigenvalue weighted by atomic mass is 9.96. The van der Waals surface area contributed by atoms with Crippen molar-refractivity contribution in [2.75, 3.05) is 42.5 Å². The Morgan fingerprint density at radius 3 is 2.59 bits per heavy atom. The molecule has 2 saturated heterocycles. The number of anilines is 2. The Hall–Kier alpha value is -3.20. The molecule has 0 aromatic heterocycles. The third kappa shape index (κ3) is 5.64. The normalized spacial score (nSPS) is 20.1. The third-order valence-electron chi connectivity index (χ3n) is 6.15. The van der Waals surface area contributed by atoms with Gasteiger partial charge in [-0.15, -0.1) is 11.8 Å². The van der Waals surface area contributed by atoms with E-state index in [2.05, 4.69) is 10.6 Å². The van der Waals surface area contributed by atoms with Crippen molar-refractivity contribution in [1.82, 2.24) is 9.80 Å². The Morgan fingerprint density at radius 2 is 1.85 bits per heavy atom. The van der Waals surface area contributed by atoms with Crippen LogP contribution in [0.25, 0.3) is 0 Å². The fourth-order valence-electron chi connectivity index (χ4n) is 4.30. The molecule has 180 valence electrons. The first-order valence-electron chi connectivity index (χ1n) is 11.4. The van der Waals surface area contributed by atoms with Crippen molar-refractivity contribution in [3.8, 4) is 5.75 Å². The second-order valence-corrected chi connectivity index (χ2v) is 9.63. The average molecular weight is 483 g/mol. The Labute approximate surface area is 204 Å². The second-order valence-electron chi connectivity index (χ2n) is 8.63. The van der Waals surface area contributed by atoms with Crippen LogP contribution in [0.1, 0.15) is 18.4 Å². The number of ether oxygens (including phenoxy) is 1. The van der Waals surface area contributed by atoms with Gasteiger partial charge in [-0.05, 0) is 61.7 Å². The SMILES string of the molecule is COc1ccc(NC(=O)C2CSCN2C(=O)C2CCCN(C(=O)Nc3cccc(C)c3)C2)cc1. The van der Waals surface area contributed by atoms with E-state index in [4.69, 9.17) is 4.74 Å². The smallest absolute Gasteiger partial charge is 0.321 e. The van der Waals surface area contributed by atoms with Gasteiger partial charge >= 0.3 is 6.03 Å². The summed E-state index contributed by atoms with van der Waals surface area (Å²) in [5.41, 5.74) is 2.46. The number of likely N-dealkylation sites (tertiary alicyclic amines) is 1. The van der Waals surface area contributed by atoms with Crippen molar-refractivity contribution in [2.24, 2.45) is 5.92 Å². The van der Waals surface area contributed by atoms with E-state index < -0.39 is 6.04 Å². The molecule has 0 spiro atoms. The Bertz CT molecular complexity index is 1050. The van der Waals surface area contributed by atoms with Crippen molar-refractivity contribution in [3.63, 3.8) is 0 Å². The monoisotopic (exact) mass is 482 g/mol. The minimum absolute atomic E-state index is 0.0621. The number of urea groups is 1. The van der Waals surface area contributed by atoms with E-state index >= 15 is 0 Å². The molecule has 2 aromatic carbocycles. The molecule has 2 aliphatic heterocycles. The zero-order valence-electron chi connectivity index (χ0n) is 19.5. The standard InChI is InChI=1S/C25H30N4O4S/c1-17-5-3-7-20(13-17)27-25(32)28-12-4-6-18(14-28)24(31)29-16-34-15-22(29)23(30)26-19-8-10-21(33-2)11-9-19/h3,5,7-11,13,18,22H,4,6,12,14-16H2,1-2H3,(H,26,30)(H,27,32). The van der Waals surface area contributed by atoms with E-state index in [9.17, 15) is 14.4 Å². The maximum Gasteiger partial charge on any atom is 0.321 e. The first-order valence-corrected chi connectivity index (χ1v) is 12.6. The van der Waals surface area contributed by atoms with E-state index in [-0.39, 0.29) is 23.8 Å². The third-order valence-corrected chi connectivity index (χ3v) is 7.16. The van der Waals surface area contributed by atoms with Crippen LogP contribution in [0.4, 0.5) is 16.2 Å². The predicted molar refractivity (Wildman–Crippen MR) is 134 cm³/mol. The van der Waals surface area contributed by atoms with Crippen LogP contribution < -0.4 is 15.4 Å². The highest BCUT2D eigenvalue weighted by Crippen LogP contribution is 2.28. The molecule has 2 heterocycles. The first kappa shape index (κ1) is 23.9. The highest BCUT2D eigenvalue weighted by atomic mass is 32.2. The number of aryl methyl sites for hydroxylation is 1. The molecule has 8 nitrogen and oxygen atoms in total. The summed E-state index contributed by atoms with van der Waals surface area (Å²) in [7, 11) is 1.59. The summed E-state index contributed by atoms with van der Waals surface area (Å²) in [5, 5.41) is 5.83. The molecule has 2 N–H and O–H groups in total. The fourth-order valence-corrected chi connectivity index (χ4v) is 5.46. The van der Waals surface area contributed by atoms with Gasteiger partial charge in [0.2, 0.25) is 11.8 Å². The second kappa shape index (κ2) is 10.8. The van der Waals surface area contributed by atoms with Crippen LogP contribution >= 0.6 is 11.8 Å². The molecule has 2 aliphatic rings. The largest absolute Gasteiger partial charge is 0.497 e. The lowest BCUT2D eigenvalue weighted by molar-refractivity contribution is -0.140. The zero-order chi connectivity index (χ0) is 24.1. The molecular weight excluding hydrogens is 452 g/mol. The molecular formula is C25H30N4O4S. The average Bonchev–Trinajstić information content (AvgIpc) is 3.34. The number of piperidine rings is 1. The number of methoxy groups -OCH3 is 1. The van der Waals surface area contributed by atoms with E-state index in [1.165, 1.54) is 0 Å². The first-order chi connectivity index (χ1) is 16.4. The number of hydrogen-bond donors (Lipinski definition) is 2. The number of carbonyl (C=O) groups excluding carboxylic acids is 3. The number of carbonyl (C=O) groups is 3. The summed E-state index contributed by atoms with van der Waals surface area (Å²) < 4.78 is 5.15. The van der Waals surface area contributed by atoms with Gasteiger partial charge in [0.05, 0.1) is 18.9 Å². The topological polar surface area (TPSA) is 91.0 Å². The molecule has 0 bridgehead atoms. The maximum atomic E-state index is 13.4. The molecule has 9 heteroatoms. The van der Waals surface area contributed by atoms with Gasteiger partial charge in [0.1, 0.15) is 11.8 Å². The lowest BCUT2D eigenvalue weighted by Gasteiger charge is -2.35. The highest BCUT2D eigenvalue weighted by molar-refractivity contribution is 7.99. The highest BCUT2D eigenvalue weighted by Gasteiger charge is 2.39. The number of rotatable bonds is 5. The lowest BCUT2D eigenvalue weighted by Crippen LogP contribution is -2.51. The zero-order valence-corrected chi connectivity index (χ0v) is 20.3. The van der Waals surface area contributed by atoms with Crippen LogP contribution in [0.5, 0.6) is 5.75 Å². The van der Waals surface area contributed by atoms with E-state index in [0.717, 1.165) is 17.7 Å². The molecule has 2 atom stereocenters. The number of amides is 4. The number of benzene rings is 2. The van der Waals surface area contributed by atoms with Crippen molar-refractivity contribution in [1.29, 1.82) is 0 Å². The number of hydrogen-bond acceptors (Lipinski definition) is 5. The van der Waals surface area contributed by atoms with Crippen LogP contribution in [0.15, 0.2) is 48.5 Å². The maximum absolute atomic E-state index is 13.4. The van der Waals surface area contributed by atoms with Crippen LogP contribution in [0.3, 0.4) is 0 Å². The molecule has 0 aliphatic carbocycles. The van der Waals surface area contributed by atoms with E-state index in [1.54, 1.807) is 52.9 Å². The van der Waals surface area contributed by atoms with Crippen molar-refractivity contribution >= 4 is 41.0 Å². The van der Waals surface area contributed by atoms with Gasteiger partial charge in [-0.3, -0.25) is 9.59 Å². The number of nitrogens with one attached hydrogen (secondary N) is 2. The van der Waals surface area contributed by atoms with Gasteiger partial charge in [0.15, 0.2) is 0 Å². The van der Waals surface area contributed by atoms with E-state index in [0.29, 0.717) is 42.6 Å². The Kier molecular flexibility index (Phi) is 7.62. The molecule has 2 fully saturated rings. The predicted octanol–water partition coefficient (Wildman–Crippen LogP) is 3.79. The quantitative estimate of drug-likeness (QED) is 0.677. The van der Waals surface area contributed by atoms with Crippen molar-refractivity contribution < 1.29 is 19.1 Å². The summed E-state index contributed by atoms with van der Waals surface area (Å²) >= 11 is 1.57. The van der Waals surface area contributed by atoms with Crippen molar-refractivity contribution in [3.05, 3.63) is 54.1 Å². The summed E-state index contributed by atoms with van der Waals surface area (Å²) in [6.45, 7) is 2.93. The van der Waals surface area contributed by atoms with Gasteiger partial charge < -0.3 is 25.2 Å². The summed E-state index contributed by atoms with van der Waals surface area (Å²) in [5.74, 6) is 1.16. The Morgan fingerprint density at radius 1 is 1.06 bits per heavy atom. The molecule has 4 amide bonds. The van der Waals surface area contributed by atoms with Gasteiger partial charge in [-0.25, -0.2) is 4.79 Å². The van der Waals surface area contributed by atoms with Crippen LogP contribution in [0, 0.1) is 12.8 Å². The van der Waals surface area contributed by atoms with Crippen LogP contribution in [0.2, 0.25) is 0 Å². The van der Waals surface area contributed by atoms with Gasteiger partial charge in [0.25, 0.3) is 0 Å². The molecule has 0 saturated carbocycles. The van der Waals surface area contributed by atoms with E-state index in [1.807, 2.05) is 31.2 Å². The van der Waals surface area contributed by atoms with Crippen LogP contribution in [-0.2, 0) is 9.59 Å². The van der Waals surface area contributed by atoms with Gasteiger partial charge in [0, 0.05) is 30.2 Å². The van der Waals surface area contributed by atoms with Gasteiger partial charge in [-0.2, -0.15) is 0 Å². The van der Waals surface area contributed by atoms with Crippen molar-refractivity contribution in [2.45, 2.75) is 25.8 Å². The minimum Gasteiger partial charge on any atom is -0.497 e.